The lowest BCUT2D eigenvalue weighted by molar-refractivity contribution is -0.178. The van der Waals surface area contributed by atoms with Crippen molar-refractivity contribution in [2.45, 2.75) is 19.1 Å². The molecule has 8 heteroatoms. The normalized spacial score (nSPS) is 11.9. The lowest BCUT2D eigenvalue weighted by Gasteiger charge is -2.10. The van der Waals surface area contributed by atoms with Crippen LogP contribution in [-0.4, -0.2) is 16.7 Å². The molecular weight excluding hydrogens is 357 g/mol. The van der Waals surface area contributed by atoms with E-state index in [1.807, 2.05) is 12.1 Å². The molecule has 0 fully saturated rings. The van der Waals surface area contributed by atoms with Crippen molar-refractivity contribution in [3.05, 3.63) is 58.9 Å². The fourth-order valence-electron chi connectivity index (χ4n) is 2.52. The summed E-state index contributed by atoms with van der Waals surface area (Å²) in [5.41, 5.74) is 0.939. The van der Waals surface area contributed by atoms with Crippen molar-refractivity contribution >= 4 is 22.6 Å². The van der Waals surface area contributed by atoms with Gasteiger partial charge in [0.1, 0.15) is 5.52 Å². The highest BCUT2D eigenvalue weighted by Crippen LogP contribution is 2.34. The molecule has 0 radical (unpaired) electrons. The Hall–Kier alpha value is -2.25. The lowest BCUT2D eigenvalue weighted by Crippen LogP contribution is -2.06. The summed E-state index contributed by atoms with van der Waals surface area (Å²) in [6, 6.07) is 9.20. The second-order valence-electron chi connectivity index (χ2n) is 5.41. The van der Waals surface area contributed by atoms with Gasteiger partial charge in [-0.3, -0.25) is 0 Å². The molecule has 1 aromatic heterocycles. The second-order valence-corrected chi connectivity index (χ2v) is 5.81. The first kappa shape index (κ1) is 17.6. The van der Waals surface area contributed by atoms with Gasteiger partial charge >= 0.3 is 6.18 Å². The summed E-state index contributed by atoms with van der Waals surface area (Å²) >= 11 is 5.94. The van der Waals surface area contributed by atoms with Crippen molar-refractivity contribution in [3.8, 4) is 5.75 Å². The average molecular weight is 371 g/mol. The molecule has 3 aromatic rings. The first-order valence-corrected chi connectivity index (χ1v) is 7.77. The molecule has 132 valence electrons. The highest BCUT2D eigenvalue weighted by molar-refractivity contribution is 6.35. The zero-order valence-electron chi connectivity index (χ0n) is 13.2. The SMILES string of the molecule is COOc1ccc(CCn2cnc3c(Cl)cc(C(F)(F)F)cc32)cc1. The molecule has 0 spiro atoms. The molecule has 25 heavy (non-hydrogen) atoms. The molecule has 1 heterocycles. The third kappa shape index (κ3) is 3.88. The number of aromatic nitrogens is 2. The van der Waals surface area contributed by atoms with Crippen LogP contribution in [-0.2, 0) is 24.0 Å². The van der Waals surface area contributed by atoms with Crippen LogP contribution < -0.4 is 4.89 Å². The van der Waals surface area contributed by atoms with Crippen LogP contribution in [0.5, 0.6) is 5.75 Å². The summed E-state index contributed by atoms with van der Waals surface area (Å²) in [7, 11) is 1.42. The Morgan fingerprint density at radius 2 is 1.88 bits per heavy atom. The predicted octanol–water partition coefficient (Wildman–Crippen LogP) is 4.89. The van der Waals surface area contributed by atoms with Crippen LogP contribution in [0.25, 0.3) is 11.0 Å². The van der Waals surface area contributed by atoms with Crippen LogP contribution in [0.1, 0.15) is 11.1 Å². The van der Waals surface area contributed by atoms with Crippen LogP contribution in [0.15, 0.2) is 42.7 Å². The molecule has 0 aliphatic heterocycles. The Morgan fingerprint density at radius 1 is 1.16 bits per heavy atom. The molecular formula is C17H14ClF3N2O2. The van der Waals surface area contributed by atoms with Crippen molar-refractivity contribution < 1.29 is 22.9 Å². The predicted molar refractivity (Wildman–Crippen MR) is 87.5 cm³/mol. The molecule has 4 nitrogen and oxygen atoms in total. The molecule has 0 saturated heterocycles. The molecule has 0 atom stereocenters. The van der Waals surface area contributed by atoms with Gasteiger partial charge in [0.15, 0.2) is 5.75 Å². The van der Waals surface area contributed by atoms with Gasteiger partial charge in [-0.25, -0.2) is 4.98 Å². The number of hydrogen-bond donors (Lipinski definition) is 0. The van der Waals surface area contributed by atoms with Gasteiger partial charge in [-0.15, -0.1) is 0 Å². The van der Waals surface area contributed by atoms with Crippen molar-refractivity contribution in [3.63, 3.8) is 0 Å². The van der Waals surface area contributed by atoms with Crippen LogP contribution in [0.2, 0.25) is 5.02 Å². The number of nitrogens with zero attached hydrogens (tertiary/aromatic N) is 2. The van der Waals surface area contributed by atoms with E-state index >= 15 is 0 Å². The minimum absolute atomic E-state index is 0.00959. The van der Waals surface area contributed by atoms with Gasteiger partial charge < -0.3 is 9.45 Å². The largest absolute Gasteiger partial charge is 0.416 e. The topological polar surface area (TPSA) is 36.3 Å². The molecule has 0 saturated carbocycles. The van der Waals surface area contributed by atoms with Gasteiger partial charge in [-0.05, 0) is 36.2 Å². The van der Waals surface area contributed by atoms with Gasteiger partial charge in [0, 0.05) is 6.54 Å². The van der Waals surface area contributed by atoms with Gasteiger partial charge in [0.25, 0.3) is 0 Å². The number of rotatable bonds is 5. The number of imidazole rings is 1. The summed E-state index contributed by atoms with van der Waals surface area (Å²) in [5.74, 6) is 0.570. The molecule has 0 bridgehead atoms. The maximum atomic E-state index is 13.0. The van der Waals surface area contributed by atoms with E-state index in [-0.39, 0.29) is 5.02 Å². The first-order chi connectivity index (χ1) is 11.9. The fraction of sp³-hybridized carbons (Fsp3) is 0.235. The van der Waals surface area contributed by atoms with E-state index in [4.69, 9.17) is 16.5 Å². The van der Waals surface area contributed by atoms with E-state index in [1.54, 1.807) is 16.7 Å². The summed E-state index contributed by atoms with van der Waals surface area (Å²) in [5, 5.41) is -0.00959. The maximum Gasteiger partial charge on any atom is 0.416 e. The number of fused-ring (bicyclic) bond motifs is 1. The van der Waals surface area contributed by atoms with Crippen LogP contribution in [0.4, 0.5) is 13.2 Å². The van der Waals surface area contributed by atoms with Crippen molar-refractivity contribution in [1.29, 1.82) is 0 Å². The monoisotopic (exact) mass is 370 g/mol. The van der Waals surface area contributed by atoms with E-state index in [2.05, 4.69) is 9.87 Å². The molecule has 0 aliphatic carbocycles. The number of alkyl halides is 3. The van der Waals surface area contributed by atoms with E-state index < -0.39 is 11.7 Å². The standard InChI is InChI=1S/C17H14ClF3N2O2/c1-24-25-13-4-2-11(3-5-13)6-7-23-10-22-16-14(18)8-12(9-15(16)23)17(19,20)21/h2-5,8-10H,6-7H2,1H3. The van der Waals surface area contributed by atoms with Gasteiger partial charge in [-0.1, -0.05) is 23.7 Å². The molecule has 0 N–H and O–H groups in total. The summed E-state index contributed by atoms with van der Waals surface area (Å²) in [6.45, 7) is 0.471. The van der Waals surface area contributed by atoms with E-state index in [0.29, 0.717) is 29.7 Å². The van der Waals surface area contributed by atoms with E-state index in [0.717, 1.165) is 17.7 Å². The van der Waals surface area contributed by atoms with Gasteiger partial charge in [-0.2, -0.15) is 18.1 Å². The summed E-state index contributed by atoms with van der Waals surface area (Å²) in [4.78, 5) is 13.6. The third-order valence-electron chi connectivity index (χ3n) is 3.75. The van der Waals surface area contributed by atoms with Crippen molar-refractivity contribution in [1.82, 2.24) is 9.55 Å². The van der Waals surface area contributed by atoms with Crippen LogP contribution in [0.3, 0.4) is 0 Å². The molecule has 0 amide bonds. The Bertz CT molecular complexity index is 876. The Balaban J connectivity index is 1.82. The smallest absolute Gasteiger partial charge is 0.338 e. The van der Waals surface area contributed by atoms with E-state index in [9.17, 15) is 13.2 Å². The van der Waals surface area contributed by atoms with Crippen LogP contribution >= 0.6 is 11.6 Å². The minimum atomic E-state index is -4.45. The minimum Gasteiger partial charge on any atom is -0.338 e. The molecule has 0 aliphatic rings. The first-order valence-electron chi connectivity index (χ1n) is 7.39. The molecule has 0 unspecified atom stereocenters. The number of aryl methyl sites for hydroxylation is 2. The van der Waals surface area contributed by atoms with Crippen molar-refractivity contribution in [2.24, 2.45) is 0 Å². The number of benzene rings is 2. The zero-order valence-corrected chi connectivity index (χ0v) is 13.9. The zero-order chi connectivity index (χ0) is 18.0. The Labute approximate surface area is 146 Å². The summed E-state index contributed by atoms with van der Waals surface area (Å²) < 4.78 is 40.6. The average Bonchev–Trinajstić information content (AvgIpc) is 2.97. The Kier molecular flexibility index (Phi) is 4.87. The second kappa shape index (κ2) is 6.93. The van der Waals surface area contributed by atoms with Crippen molar-refractivity contribution in [2.75, 3.05) is 7.11 Å². The molecule has 3 rings (SSSR count). The maximum absolute atomic E-state index is 13.0. The summed E-state index contributed by atoms with van der Waals surface area (Å²) in [6.07, 6.45) is -2.34. The number of hydrogen-bond acceptors (Lipinski definition) is 3. The van der Waals surface area contributed by atoms with Gasteiger partial charge in [0.05, 0.1) is 29.5 Å². The van der Waals surface area contributed by atoms with Crippen LogP contribution in [0, 0.1) is 0 Å². The highest BCUT2D eigenvalue weighted by atomic mass is 35.5. The highest BCUT2D eigenvalue weighted by Gasteiger charge is 2.31. The van der Waals surface area contributed by atoms with E-state index in [1.165, 1.54) is 13.4 Å². The third-order valence-corrected chi connectivity index (χ3v) is 4.04. The quantitative estimate of drug-likeness (QED) is 0.474. The lowest BCUT2D eigenvalue weighted by atomic mass is 10.1. The Morgan fingerprint density at radius 3 is 2.52 bits per heavy atom. The number of halogens is 4. The molecule has 2 aromatic carbocycles. The fourth-order valence-corrected chi connectivity index (χ4v) is 2.78. The van der Waals surface area contributed by atoms with Gasteiger partial charge in [0.2, 0.25) is 0 Å².